The van der Waals surface area contributed by atoms with E-state index in [1.54, 1.807) is 24.3 Å². The van der Waals surface area contributed by atoms with Gasteiger partial charge in [-0.2, -0.15) is 10.2 Å². The third kappa shape index (κ3) is 5.53. The van der Waals surface area contributed by atoms with Gasteiger partial charge in [0.15, 0.2) is 6.61 Å². The molecule has 0 aliphatic rings. The highest BCUT2D eigenvalue weighted by molar-refractivity contribution is 6.30. The van der Waals surface area contributed by atoms with E-state index in [1.165, 1.54) is 5.56 Å². The molecule has 0 aliphatic heterocycles. The third-order valence-corrected chi connectivity index (χ3v) is 5.10. The number of likely N-dealkylation sites (N-methyl/N-ethyl adjacent to an activating group) is 1. The van der Waals surface area contributed by atoms with Gasteiger partial charge in [0, 0.05) is 11.6 Å². The zero-order valence-corrected chi connectivity index (χ0v) is 17.9. The molecule has 0 saturated heterocycles. The van der Waals surface area contributed by atoms with E-state index in [1.807, 2.05) is 18.2 Å². The first-order valence-corrected chi connectivity index (χ1v) is 10.3. The van der Waals surface area contributed by atoms with Crippen molar-refractivity contribution in [3.8, 4) is 11.8 Å². The molecule has 0 saturated carbocycles. The van der Waals surface area contributed by atoms with Crippen LogP contribution in [0.25, 0.3) is 0 Å². The average molecular weight is 425 g/mol. The summed E-state index contributed by atoms with van der Waals surface area (Å²) >= 11 is 5.89. The summed E-state index contributed by atoms with van der Waals surface area (Å²) in [6.07, 6.45) is 0. The molecule has 0 amide bonds. The lowest BCUT2D eigenvalue weighted by molar-refractivity contribution is 0.227. The number of hydrogen-bond donors (Lipinski definition) is 1. The predicted molar refractivity (Wildman–Crippen MR) is 118 cm³/mol. The van der Waals surface area contributed by atoms with Gasteiger partial charge in [-0.25, -0.2) is 0 Å². The monoisotopic (exact) mass is 424 g/mol. The van der Waals surface area contributed by atoms with Crippen LogP contribution in [0.15, 0.2) is 59.0 Å². The van der Waals surface area contributed by atoms with E-state index in [4.69, 9.17) is 20.8 Å². The van der Waals surface area contributed by atoms with Crippen LogP contribution in [0.5, 0.6) is 5.75 Å². The number of oxazole rings is 1. The van der Waals surface area contributed by atoms with Gasteiger partial charge in [0.1, 0.15) is 11.8 Å². The number of nitrogens with one attached hydrogen (secondary N) is 1. The van der Waals surface area contributed by atoms with Crippen LogP contribution in [0.2, 0.25) is 5.02 Å². The number of benzene rings is 2. The van der Waals surface area contributed by atoms with E-state index >= 15 is 0 Å². The molecule has 156 valence electrons. The number of halogens is 1. The van der Waals surface area contributed by atoms with Crippen molar-refractivity contribution in [2.45, 2.75) is 26.5 Å². The van der Waals surface area contributed by atoms with Crippen LogP contribution in [0.1, 0.15) is 37.0 Å². The molecular formula is C23H25ClN4O2. The van der Waals surface area contributed by atoms with Gasteiger partial charge < -0.3 is 14.5 Å². The number of hydrogen-bond acceptors (Lipinski definition) is 6. The van der Waals surface area contributed by atoms with Gasteiger partial charge in [0.05, 0.1) is 6.04 Å². The lowest BCUT2D eigenvalue weighted by atomic mass is 10.1. The van der Waals surface area contributed by atoms with Crippen molar-refractivity contribution in [1.82, 2.24) is 9.88 Å². The van der Waals surface area contributed by atoms with Gasteiger partial charge in [-0.15, -0.1) is 0 Å². The molecule has 7 heteroatoms. The zero-order chi connectivity index (χ0) is 21.3. The van der Waals surface area contributed by atoms with Crippen molar-refractivity contribution in [3.63, 3.8) is 0 Å². The maximum absolute atomic E-state index is 9.45. The van der Waals surface area contributed by atoms with Crippen LogP contribution in [0.4, 0.5) is 5.88 Å². The first-order chi connectivity index (χ1) is 14.6. The second-order valence-corrected chi connectivity index (χ2v) is 7.10. The number of nitrogens with zero attached hydrogens (tertiary/aromatic N) is 3. The van der Waals surface area contributed by atoms with Gasteiger partial charge in [0.2, 0.25) is 17.5 Å². The highest BCUT2D eigenvalue weighted by Gasteiger charge is 2.20. The van der Waals surface area contributed by atoms with Gasteiger partial charge in [-0.1, -0.05) is 55.8 Å². The molecule has 0 spiro atoms. The molecule has 0 fully saturated rings. The predicted octanol–water partition coefficient (Wildman–Crippen LogP) is 5.27. The van der Waals surface area contributed by atoms with Crippen molar-refractivity contribution in [2.24, 2.45) is 0 Å². The number of aromatic nitrogens is 1. The molecule has 0 aliphatic carbocycles. The fraction of sp³-hybridized carbons (Fsp3) is 0.304. The normalized spacial score (nSPS) is 11.8. The maximum Gasteiger partial charge on any atom is 0.236 e. The lowest BCUT2D eigenvalue weighted by Crippen LogP contribution is -2.33. The average Bonchev–Trinajstić information content (AvgIpc) is 3.19. The minimum Gasteiger partial charge on any atom is -0.484 e. The Morgan fingerprint density at radius 2 is 1.83 bits per heavy atom. The summed E-state index contributed by atoms with van der Waals surface area (Å²) in [7, 11) is 0. The number of nitriles is 1. The highest BCUT2D eigenvalue weighted by Crippen LogP contribution is 2.24. The summed E-state index contributed by atoms with van der Waals surface area (Å²) in [4.78, 5) is 6.60. The molecule has 6 nitrogen and oxygen atoms in total. The smallest absolute Gasteiger partial charge is 0.236 e. The Balaban J connectivity index is 1.70. The Labute approximate surface area is 182 Å². The SMILES string of the molecule is CCN(CC)[C@H](CNc1oc(COc2ccc(Cl)cc2)nc1C#N)c1ccccc1. The second-order valence-electron chi connectivity index (χ2n) is 6.67. The summed E-state index contributed by atoms with van der Waals surface area (Å²) in [6, 6.07) is 19.6. The second kappa shape index (κ2) is 10.7. The Bertz CT molecular complexity index is 963. The first kappa shape index (κ1) is 21.7. The van der Waals surface area contributed by atoms with Gasteiger partial charge in [-0.05, 0) is 42.9 Å². The van der Waals surface area contributed by atoms with Crippen LogP contribution in [-0.4, -0.2) is 29.5 Å². The topological polar surface area (TPSA) is 74.3 Å². The van der Waals surface area contributed by atoms with Crippen LogP contribution >= 0.6 is 11.6 Å². The molecule has 0 bridgehead atoms. The summed E-state index contributed by atoms with van der Waals surface area (Å²) in [5, 5.41) is 13.4. The van der Waals surface area contributed by atoms with Crippen molar-refractivity contribution in [3.05, 3.63) is 76.8 Å². The van der Waals surface area contributed by atoms with Gasteiger partial charge >= 0.3 is 0 Å². The minimum atomic E-state index is 0.121. The van der Waals surface area contributed by atoms with Gasteiger partial charge in [0.25, 0.3) is 0 Å². The molecule has 0 radical (unpaired) electrons. The largest absolute Gasteiger partial charge is 0.484 e. The summed E-state index contributed by atoms with van der Waals surface area (Å²) < 4.78 is 11.4. The fourth-order valence-electron chi connectivity index (χ4n) is 3.28. The van der Waals surface area contributed by atoms with E-state index in [9.17, 15) is 5.26 Å². The molecule has 1 N–H and O–H groups in total. The molecule has 2 aromatic carbocycles. The van der Waals surface area contributed by atoms with E-state index in [0.29, 0.717) is 29.1 Å². The van der Waals surface area contributed by atoms with E-state index in [2.05, 4.69) is 47.3 Å². The third-order valence-electron chi connectivity index (χ3n) is 4.85. The molecule has 1 atom stereocenters. The van der Waals surface area contributed by atoms with Crippen LogP contribution in [0.3, 0.4) is 0 Å². The quantitative estimate of drug-likeness (QED) is 0.477. The molecule has 1 aromatic heterocycles. The zero-order valence-electron chi connectivity index (χ0n) is 17.1. The molecule has 3 rings (SSSR count). The molecule has 30 heavy (non-hydrogen) atoms. The Hall–Kier alpha value is -3.01. The summed E-state index contributed by atoms with van der Waals surface area (Å²) in [6.45, 7) is 6.82. The Morgan fingerprint density at radius 3 is 2.47 bits per heavy atom. The van der Waals surface area contributed by atoms with Crippen LogP contribution in [-0.2, 0) is 6.61 Å². The summed E-state index contributed by atoms with van der Waals surface area (Å²) in [5.74, 6) is 1.35. The Kier molecular flexibility index (Phi) is 7.72. The van der Waals surface area contributed by atoms with Crippen LogP contribution < -0.4 is 10.1 Å². The van der Waals surface area contributed by atoms with Crippen molar-refractivity contribution < 1.29 is 9.15 Å². The molecule has 3 aromatic rings. The first-order valence-electron chi connectivity index (χ1n) is 9.95. The van der Waals surface area contributed by atoms with E-state index in [0.717, 1.165) is 13.1 Å². The van der Waals surface area contributed by atoms with E-state index in [-0.39, 0.29) is 18.3 Å². The lowest BCUT2D eigenvalue weighted by Gasteiger charge is -2.30. The van der Waals surface area contributed by atoms with Crippen molar-refractivity contribution in [1.29, 1.82) is 5.26 Å². The van der Waals surface area contributed by atoms with Crippen LogP contribution in [0, 0.1) is 11.3 Å². The molecule has 1 heterocycles. The Morgan fingerprint density at radius 1 is 1.13 bits per heavy atom. The number of rotatable bonds is 10. The fourth-order valence-corrected chi connectivity index (χ4v) is 3.41. The number of ether oxygens (including phenoxy) is 1. The van der Waals surface area contributed by atoms with Crippen molar-refractivity contribution >= 4 is 17.5 Å². The summed E-state index contributed by atoms with van der Waals surface area (Å²) in [5.41, 5.74) is 1.43. The number of anilines is 1. The van der Waals surface area contributed by atoms with Crippen molar-refractivity contribution in [2.75, 3.05) is 25.0 Å². The minimum absolute atomic E-state index is 0.121. The van der Waals surface area contributed by atoms with Gasteiger partial charge in [-0.3, -0.25) is 4.90 Å². The van der Waals surface area contributed by atoms with E-state index < -0.39 is 0 Å². The molecule has 0 unspecified atom stereocenters. The molecular weight excluding hydrogens is 400 g/mol. The standard InChI is InChI=1S/C23H25ClN4O2/c1-3-28(4-2)21(17-8-6-5-7-9-17)15-26-23-20(14-25)27-22(30-23)16-29-19-12-10-18(24)11-13-19/h5-13,21,26H,3-4,15-16H2,1-2H3/t21-/m1/s1. The highest BCUT2D eigenvalue weighted by atomic mass is 35.5. The maximum atomic E-state index is 9.45.